The monoisotopic (exact) mass is 326 g/mol. The zero-order valence-corrected chi connectivity index (χ0v) is 13.8. The lowest BCUT2D eigenvalue weighted by molar-refractivity contribution is 0.628. The maximum atomic E-state index is 13.6. The molecule has 4 nitrogen and oxygen atoms in total. The van der Waals surface area contributed by atoms with Crippen molar-refractivity contribution < 1.29 is 4.39 Å². The van der Waals surface area contributed by atoms with Gasteiger partial charge in [0.25, 0.3) is 0 Å². The van der Waals surface area contributed by atoms with Crippen LogP contribution in [-0.2, 0) is 7.05 Å². The second-order valence-electron chi connectivity index (χ2n) is 5.51. The number of rotatable bonds is 2. The van der Waals surface area contributed by atoms with E-state index < -0.39 is 0 Å². The fourth-order valence-electron chi connectivity index (χ4n) is 2.92. The highest BCUT2D eigenvalue weighted by Gasteiger charge is 2.19. The van der Waals surface area contributed by atoms with Crippen LogP contribution in [0.3, 0.4) is 0 Å². The lowest BCUT2D eigenvalue weighted by atomic mass is 10.1. The molecular weight excluding hydrogens is 311 g/mol. The summed E-state index contributed by atoms with van der Waals surface area (Å²) in [5, 5.41) is 3.12. The number of benzene rings is 1. The normalized spacial score (nSPS) is 11.5. The maximum Gasteiger partial charge on any atom is 0.154 e. The minimum absolute atomic E-state index is 0.228. The summed E-state index contributed by atoms with van der Waals surface area (Å²) in [5.41, 5.74) is 4.79. The molecule has 1 aromatic carbocycles. The standard InChI is InChI=1S/C17H15FN4S/c1-9-12-16(23-15(9)10-5-4-6-11(18)7-10)14-13(17(19-2)21-12)20-8-22(14)3/h4-8H,1-3H3,(H,19,21). The highest BCUT2D eigenvalue weighted by atomic mass is 32.1. The summed E-state index contributed by atoms with van der Waals surface area (Å²) in [6.45, 7) is 2.04. The Bertz CT molecular complexity index is 1050. The summed E-state index contributed by atoms with van der Waals surface area (Å²) in [5.74, 6) is 0.536. The van der Waals surface area contributed by atoms with E-state index in [0.717, 1.165) is 43.1 Å². The molecule has 3 aromatic heterocycles. The molecule has 0 saturated carbocycles. The van der Waals surface area contributed by atoms with Gasteiger partial charge in [0.15, 0.2) is 5.82 Å². The van der Waals surface area contributed by atoms with Crippen LogP contribution in [0.25, 0.3) is 31.7 Å². The van der Waals surface area contributed by atoms with Crippen LogP contribution in [0, 0.1) is 12.7 Å². The maximum absolute atomic E-state index is 13.6. The van der Waals surface area contributed by atoms with Gasteiger partial charge in [-0.2, -0.15) is 0 Å². The number of aromatic nitrogens is 3. The zero-order chi connectivity index (χ0) is 16.1. The van der Waals surface area contributed by atoms with Crippen molar-refractivity contribution >= 4 is 38.4 Å². The van der Waals surface area contributed by atoms with E-state index in [1.165, 1.54) is 6.07 Å². The van der Waals surface area contributed by atoms with E-state index in [2.05, 4.69) is 10.3 Å². The Morgan fingerprint density at radius 3 is 2.83 bits per heavy atom. The summed E-state index contributed by atoms with van der Waals surface area (Å²) in [6, 6.07) is 6.70. The number of pyridine rings is 1. The molecule has 0 aliphatic carbocycles. The molecule has 1 N–H and O–H groups in total. The van der Waals surface area contributed by atoms with Crippen molar-refractivity contribution in [3.05, 3.63) is 42.0 Å². The topological polar surface area (TPSA) is 42.7 Å². The number of hydrogen-bond donors (Lipinski definition) is 1. The molecule has 4 aromatic rings. The van der Waals surface area contributed by atoms with Gasteiger partial charge in [-0.3, -0.25) is 0 Å². The van der Waals surface area contributed by atoms with Gasteiger partial charge in [0.2, 0.25) is 0 Å². The summed E-state index contributed by atoms with van der Waals surface area (Å²) in [7, 11) is 3.82. The molecule has 0 aliphatic rings. The largest absolute Gasteiger partial charge is 0.371 e. The lowest BCUT2D eigenvalue weighted by Crippen LogP contribution is -1.95. The predicted molar refractivity (Wildman–Crippen MR) is 93.6 cm³/mol. The van der Waals surface area contributed by atoms with Gasteiger partial charge in [-0.15, -0.1) is 11.3 Å². The predicted octanol–water partition coefficient (Wildman–Crippen LogP) is 4.34. The quantitative estimate of drug-likeness (QED) is 0.596. The summed E-state index contributed by atoms with van der Waals surface area (Å²) >= 11 is 1.64. The van der Waals surface area contributed by atoms with Crippen molar-refractivity contribution in [2.75, 3.05) is 12.4 Å². The Morgan fingerprint density at radius 1 is 1.26 bits per heavy atom. The second-order valence-corrected chi connectivity index (χ2v) is 6.53. The first-order valence-corrected chi connectivity index (χ1v) is 8.09. The molecule has 0 unspecified atom stereocenters. The first-order chi connectivity index (χ1) is 11.1. The van der Waals surface area contributed by atoms with E-state index in [1.807, 2.05) is 31.7 Å². The molecule has 116 valence electrons. The highest BCUT2D eigenvalue weighted by molar-refractivity contribution is 7.23. The highest BCUT2D eigenvalue weighted by Crippen LogP contribution is 2.41. The molecule has 6 heteroatoms. The van der Waals surface area contributed by atoms with Crippen LogP contribution in [0.5, 0.6) is 0 Å². The molecule has 0 radical (unpaired) electrons. The van der Waals surface area contributed by atoms with E-state index in [-0.39, 0.29) is 5.82 Å². The average molecular weight is 326 g/mol. The number of thiophene rings is 1. The Labute approximate surface area is 136 Å². The van der Waals surface area contributed by atoms with E-state index in [0.29, 0.717) is 0 Å². The Morgan fingerprint density at radius 2 is 2.09 bits per heavy atom. The Balaban J connectivity index is 2.12. The SMILES string of the molecule is CNc1nc2c(C)c(-c3cccc(F)c3)sc2c2c1ncn2C. The molecule has 0 aliphatic heterocycles. The van der Waals surface area contributed by atoms with Gasteiger partial charge in [-0.1, -0.05) is 12.1 Å². The molecule has 3 heterocycles. The van der Waals surface area contributed by atoms with Crippen molar-refractivity contribution in [2.24, 2.45) is 7.05 Å². The number of nitrogens with one attached hydrogen (secondary N) is 1. The molecule has 4 rings (SSSR count). The number of nitrogens with zero attached hydrogens (tertiary/aromatic N) is 3. The van der Waals surface area contributed by atoms with Crippen LogP contribution in [0.4, 0.5) is 10.2 Å². The first kappa shape index (κ1) is 14.1. The van der Waals surface area contributed by atoms with E-state index in [1.54, 1.807) is 29.8 Å². The number of imidazole rings is 1. The van der Waals surface area contributed by atoms with Crippen LogP contribution in [0.1, 0.15) is 5.56 Å². The lowest BCUT2D eigenvalue weighted by Gasteiger charge is -2.03. The molecule has 0 spiro atoms. The third-order valence-electron chi connectivity index (χ3n) is 4.04. The van der Waals surface area contributed by atoms with Crippen molar-refractivity contribution in [1.82, 2.24) is 14.5 Å². The van der Waals surface area contributed by atoms with E-state index in [4.69, 9.17) is 4.98 Å². The summed E-state index contributed by atoms with van der Waals surface area (Å²) in [4.78, 5) is 10.2. The number of hydrogen-bond acceptors (Lipinski definition) is 4. The van der Waals surface area contributed by atoms with E-state index in [9.17, 15) is 4.39 Å². The molecule has 0 bridgehead atoms. The van der Waals surface area contributed by atoms with Crippen molar-refractivity contribution in [3.63, 3.8) is 0 Å². The average Bonchev–Trinajstić information content (AvgIpc) is 3.08. The van der Waals surface area contributed by atoms with Crippen LogP contribution in [0.15, 0.2) is 30.6 Å². The van der Waals surface area contributed by atoms with Crippen LogP contribution >= 0.6 is 11.3 Å². The molecule has 0 amide bonds. The second kappa shape index (κ2) is 5.03. The van der Waals surface area contributed by atoms with E-state index >= 15 is 0 Å². The van der Waals surface area contributed by atoms with Crippen molar-refractivity contribution in [3.8, 4) is 10.4 Å². The van der Waals surface area contributed by atoms with Crippen molar-refractivity contribution in [1.29, 1.82) is 0 Å². The molecule has 0 fully saturated rings. The first-order valence-electron chi connectivity index (χ1n) is 7.28. The van der Waals surface area contributed by atoms with Crippen molar-refractivity contribution in [2.45, 2.75) is 6.92 Å². The minimum atomic E-state index is -0.228. The van der Waals surface area contributed by atoms with Gasteiger partial charge < -0.3 is 9.88 Å². The number of aryl methyl sites for hydroxylation is 2. The third kappa shape index (κ3) is 2.02. The smallest absolute Gasteiger partial charge is 0.154 e. The number of halogens is 1. The van der Waals surface area contributed by atoms with Crippen LogP contribution < -0.4 is 5.32 Å². The number of anilines is 1. The van der Waals surface area contributed by atoms with Gasteiger partial charge in [0.05, 0.1) is 22.1 Å². The van der Waals surface area contributed by atoms with Gasteiger partial charge in [0, 0.05) is 19.0 Å². The molecule has 0 saturated heterocycles. The molecule has 23 heavy (non-hydrogen) atoms. The zero-order valence-electron chi connectivity index (χ0n) is 13.0. The fraction of sp³-hybridized carbons (Fsp3) is 0.176. The Kier molecular flexibility index (Phi) is 3.09. The summed E-state index contributed by atoms with van der Waals surface area (Å²) in [6.07, 6.45) is 1.80. The van der Waals surface area contributed by atoms with Crippen LogP contribution in [-0.4, -0.2) is 21.6 Å². The minimum Gasteiger partial charge on any atom is -0.371 e. The molecular formula is C17H15FN4S. The Hall–Kier alpha value is -2.47. The van der Waals surface area contributed by atoms with Gasteiger partial charge in [-0.25, -0.2) is 14.4 Å². The number of fused-ring (bicyclic) bond motifs is 3. The molecule has 0 atom stereocenters. The fourth-order valence-corrected chi connectivity index (χ4v) is 4.25. The van der Waals surface area contributed by atoms with Gasteiger partial charge >= 0.3 is 0 Å². The van der Waals surface area contributed by atoms with Gasteiger partial charge in [0.1, 0.15) is 11.3 Å². The van der Waals surface area contributed by atoms with Crippen LogP contribution in [0.2, 0.25) is 0 Å². The summed E-state index contributed by atoms with van der Waals surface area (Å²) < 4.78 is 16.7. The third-order valence-corrected chi connectivity index (χ3v) is 5.38. The van der Waals surface area contributed by atoms with Gasteiger partial charge in [-0.05, 0) is 30.2 Å².